The number of aryl methyl sites for hydroxylation is 1. The number of carboxylic acid groups (broad SMARTS) is 1. The van der Waals surface area contributed by atoms with E-state index in [0.29, 0.717) is 13.0 Å². The highest BCUT2D eigenvalue weighted by atomic mass is 32.1. The van der Waals surface area contributed by atoms with Gasteiger partial charge >= 0.3 is 10.8 Å². The first-order valence-corrected chi connectivity index (χ1v) is 7.11. The Morgan fingerprint density at radius 3 is 2.70 bits per heavy atom. The zero-order valence-electron chi connectivity index (χ0n) is 11.2. The highest BCUT2D eigenvalue weighted by Gasteiger charge is 2.18. The number of nitrogens with one attached hydrogen (secondary N) is 1. The second kappa shape index (κ2) is 7.81. The van der Waals surface area contributed by atoms with Crippen LogP contribution in [0.25, 0.3) is 0 Å². The molecule has 1 amide bonds. The van der Waals surface area contributed by atoms with Crippen molar-refractivity contribution in [1.29, 1.82) is 0 Å². The van der Waals surface area contributed by atoms with Crippen molar-refractivity contribution in [2.24, 2.45) is 0 Å². The first kappa shape index (κ1) is 16.4. The normalized spacial score (nSPS) is 12.1. The van der Waals surface area contributed by atoms with Gasteiger partial charge in [-0.15, -0.1) is 0 Å². The second-order valence-corrected chi connectivity index (χ2v) is 5.19. The maximum absolute atomic E-state index is 11.6. The van der Waals surface area contributed by atoms with Gasteiger partial charge in [0.1, 0.15) is 6.04 Å². The number of rotatable bonds is 8. The minimum absolute atomic E-state index is 0.0236. The van der Waals surface area contributed by atoms with E-state index in [-0.39, 0.29) is 24.3 Å². The number of nitrogens with zero attached hydrogens (tertiary/aromatic N) is 1. The topological polar surface area (TPSA) is 109 Å². The molecule has 0 unspecified atom stereocenters. The Morgan fingerprint density at radius 1 is 1.50 bits per heavy atom. The van der Waals surface area contributed by atoms with Crippen LogP contribution in [0.5, 0.6) is 0 Å². The van der Waals surface area contributed by atoms with E-state index < -0.39 is 17.9 Å². The number of amides is 1. The predicted octanol–water partition coefficient (Wildman–Crippen LogP) is -0.0498. The molecular formula is C12H18N2O5S. The summed E-state index contributed by atoms with van der Waals surface area (Å²) in [5.41, 5.74) is 0.851. The number of hydrogen-bond acceptors (Lipinski definition) is 5. The highest BCUT2D eigenvalue weighted by molar-refractivity contribution is 7.07. The smallest absolute Gasteiger partial charge is 0.326 e. The van der Waals surface area contributed by atoms with E-state index in [1.807, 2.05) is 6.92 Å². The number of aliphatic hydroxyl groups is 1. The summed E-state index contributed by atoms with van der Waals surface area (Å²) < 4.78 is 1.58. The molecule has 0 aromatic carbocycles. The lowest BCUT2D eigenvalue weighted by molar-refractivity contribution is -0.142. The van der Waals surface area contributed by atoms with Gasteiger partial charge in [0.2, 0.25) is 5.91 Å². The van der Waals surface area contributed by atoms with E-state index in [1.54, 1.807) is 9.95 Å². The Balaban J connectivity index is 2.40. The first-order chi connectivity index (χ1) is 9.45. The largest absolute Gasteiger partial charge is 0.480 e. The Kier molecular flexibility index (Phi) is 6.40. The van der Waals surface area contributed by atoms with Gasteiger partial charge in [-0.25, -0.2) is 4.79 Å². The van der Waals surface area contributed by atoms with Crippen LogP contribution in [0.15, 0.2) is 10.2 Å². The molecule has 1 atom stereocenters. The van der Waals surface area contributed by atoms with Crippen LogP contribution in [0.3, 0.4) is 0 Å². The first-order valence-electron chi connectivity index (χ1n) is 6.23. The number of carbonyl (C=O) groups excluding carboxylic acids is 1. The van der Waals surface area contributed by atoms with E-state index in [1.165, 1.54) is 0 Å². The number of aliphatic carboxylic acids is 1. The molecule has 3 N–H and O–H groups in total. The molecule has 0 saturated carbocycles. The lowest BCUT2D eigenvalue weighted by atomic mass is 10.2. The molecule has 0 fully saturated rings. The van der Waals surface area contributed by atoms with E-state index in [9.17, 15) is 14.4 Å². The molecule has 0 aliphatic heterocycles. The molecule has 1 aromatic heterocycles. The van der Waals surface area contributed by atoms with E-state index in [4.69, 9.17) is 10.2 Å². The van der Waals surface area contributed by atoms with Gasteiger partial charge in [0.25, 0.3) is 0 Å². The standard InChI is InChI=1S/C12H18N2O5S/c1-8-7-20-12(19)14(8)5-2-3-10(16)13-9(4-6-15)11(17)18/h7,9,15H,2-6H2,1H3,(H,13,16)(H,17,18)/t9-/m0/s1. The average Bonchev–Trinajstić information content (AvgIpc) is 2.69. The van der Waals surface area contributed by atoms with E-state index in [2.05, 4.69) is 5.32 Å². The highest BCUT2D eigenvalue weighted by Crippen LogP contribution is 2.03. The fraction of sp³-hybridized carbons (Fsp3) is 0.583. The summed E-state index contributed by atoms with van der Waals surface area (Å²) in [4.78, 5) is 33.8. The molecule has 0 spiro atoms. The van der Waals surface area contributed by atoms with Gasteiger partial charge in [0.15, 0.2) is 0 Å². The number of aliphatic hydroxyl groups excluding tert-OH is 1. The second-order valence-electron chi connectivity index (χ2n) is 4.37. The van der Waals surface area contributed by atoms with Crippen LogP contribution in [0.2, 0.25) is 0 Å². The minimum Gasteiger partial charge on any atom is -0.480 e. The number of hydrogen-bond donors (Lipinski definition) is 3. The third kappa shape index (κ3) is 4.78. The quantitative estimate of drug-likeness (QED) is 0.624. The van der Waals surface area contributed by atoms with Gasteiger partial charge in [0.05, 0.1) is 0 Å². The Labute approximate surface area is 119 Å². The van der Waals surface area contributed by atoms with Crippen molar-refractivity contribution < 1.29 is 19.8 Å². The Morgan fingerprint density at radius 2 is 2.20 bits per heavy atom. The maximum Gasteiger partial charge on any atom is 0.326 e. The van der Waals surface area contributed by atoms with Crippen LogP contribution in [-0.2, 0) is 16.1 Å². The Hall–Kier alpha value is -1.67. The molecule has 0 radical (unpaired) electrons. The van der Waals surface area contributed by atoms with Crippen molar-refractivity contribution in [3.63, 3.8) is 0 Å². The minimum atomic E-state index is -1.17. The lowest BCUT2D eigenvalue weighted by Gasteiger charge is -2.13. The molecule has 7 nitrogen and oxygen atoms in total. The van der Waals surface area contributed by atoms with Crippen LogP contribution in [-0.4, -0.2) is 39.3 Å². The zero-order chi connectivity index (χ0) is 15.1. The average molecular weight is 302 g/mol. The van der Waals surface area contributed by atoms with Crippen molar-refractivity contribution in [3.8, 4) is 0 Å². The van der Waals surface area contributed by atoms with Crippen LogP contribution in [0, 0.1) is 6.92 Å². The van der Waals surface area contributed by atoms with Gasteiger partial charge in [-0.2, -0.15) is 0 Å². The number of carboxylic acids is 1. The summed E-state index contributed by atoms with van der Waals surface area (Å²) in [7, 11) is 0. The molecular weight excluding hydrogens is 284 g/mol. The Bertz CT molecular complexity index is 522. The van der Waals surface area contributed by atoms with Gasteiger partial charge in [-0.3, -0.25) is 9.59 Å². The molecule has 0 aliphatic carbocycles. The summed E-state index contributed by atoms with van der Waals surface area (Å²) >= 11 is 1.11. The molecule has 0 saturated heterocycles. The molecule has 1 heterocycles. The molecule has 0 aliphatic rings. The molecule has 1 aromatic rings. The summed E-state index contributed by atoms with van der Waals surface area (Å²) in [5.74, 6) is -1.57. The van der Waals surface area contributed by atoms with Gasteiger partial charge in [0, 0.05) is 37.1 Å². The van der Waals surface area contributed by atoms with Crippen LogP contribution in [0.1, 0.15) is 25.0 Å². The van der Waals surface area contributed by atoms with Crippen molar-refractivity contribution >= 4 is 23.2 Å². The van der Waals surface area contributed by atoms with Gasteiger partial charge in [-0.05, 0) is 13.3 Å². The van der Waals surface area contributed by atoms with Crippen molar-refractivity contribution in [2.45, 2.75) is 38.8 Å². The third-order valence-electron chi connectivity index (χ3n) is 2.81. The molecule has 112 valence electrons. The monoisotopic (exact) mass is 302 g/mol. The number of thiazole rings is 1. The third-order valence-corrected chi connectivity index (χ3v) is 3.69. The zero-order valence-corrected chi connectivity index (χ0v) is 12.0. The summed E-state index contributed by atoms with van der Waals surface area (Å²) in [5, 5.41) is 21.6. The van der Waals surface area contributed by atoms with E-state index >= 15 is 0 Å². The lowest BCUT2D eigenvalue weighted by Crippen LogP contribution is -2.41. The predicted molar refractivity (Wildman–Crippen MR) is 73.8 cm³/mol. The fourth-order valence-corrected chi connectivity index (χ4v) is 2.49. The molecule has 1 rings (SSSR count). The van der Waals surface area contributed by atoms with Crippen LogP contribution in [0.4, 0.5) is 0 Å². The van der Waals surface area contributed by atoms with Crippen LogP contribution < -0.4 is 10.2 Å². The van der Waals surface area contributed by atoms with Crippen molar-refractivity contribution in [1.82, 2.24) is 9.88 Å². The SMILES string of the molecule is Cc1csc(=O)n1CCCC(=O)N[C@@H](CCO)C(=O)O. The maximum atomic E-state index is 11.6. The van der Waals surface area contributed by atoms with Crippen LogP contribution >= 0.6 is 11.3 Å². The van der Waals surface area contributed by atoms with E-state index in [0.717, 1.165) is 17.0 Å². The molecule has 20 heavy (non-hydrogen) atoms. The summed E-state index contributed by atoms with van der Waals surface area (Å²) in [6, 6.07) is -1.07. The number of aromatic nitrogens is 1. The molecule has 8 heteroatoms. The summed E-state index contributed by atoms with van der Waals surface area (Å²) in [6.45, 7) is 1.94. The fourth-order valence-electron chi connectivity index (χ4n) is 1.73. The van der Waals surface area contributed by atoms with Gasteiger partial charge in [-0.1, -0.05) is 11.3 Å². The summed E-state index contributed by atoms with van der Waals surface area (Å²) in [6.07, 6.45) is 0.565. The van der Waals surface area contributed by atoms with Gasteiger partial charge < -0.3 is 20.1 Å². The van der Waals surface area contributed by atoms with Crippen molar-refractivity contribution in [2.75, 3.05) is 6.61 Å². The number of carbonyl (C=O) groups is 2. The van der Waals surface area contributed by atoms with Crippen molar-refractivity contribution in [3.05, 3.63) is 20.7 Å². The molecule has 0 bridgehead atoms.